The van der Waals surface area contributed by atoms with Crippen LogP contribution in [-0.2, 0) is 4.79 Å². The molecule has 1 heterocycles. The van der Waals surface area contributed by atoms with Gasteiger partial charge in [0.05, 0.1) is 10.6 Å². The Morgan fingerprint density at radius 2 is 1.96 bits per heavy atom. The van der Waals surface area contributed by atoms with Gasteiger partial charge in [-0.3, -0.25) is 9.69 Å². The minimum Gasteiger partial charge on any atom is -0.489 e. The van der Waals surface area contributed by atoms with Crippen molar-refractivity contribution in [3.8, 4) is 5.75 Å². The van der Waals surface area contributed by atoms with E-state index in [-0.39, 0.29) is 5.91 Å². The van der Waals surface area contributed by atoms with Gasteiger partial charge < -0.3 is 4.74 Å². The topological polar surface area (TPSA) is 29.5 Å². The Morgan fingerprint density at radius 1 is 1.19 bits per heavy atom. The van der Waals surface area contributed by atoms with Crippen molar-refractivity contribution >= 4 is 69.2 Å². The zero-order chi connectivity index (χ0) is 18.7. The fraction of sp³-hybridized carbons (Fsp3) is 0.0526. The van der Waals surface area contributed by atoms with Crippen molar-refractivity contribution in [1.29, 1.82) is 0 Å². The fourth-order valence-corrected chi connectivity index (χ4v) is 4.01. The predicted molar refractivity (Wildman–Crippen MR) is 114 cm³/mol. The smallest absolute Gasteiger partial charge is 0.270 e. The molecule has 26 heavy (non-hydrogen) atoms. The van der Waals surface area contributed by atoms with Gasteiger partial charge in [-0.05, 0) is 42.5 Å². The summed E-state index contributed by atoms with van der Waals surface area (Å²) in [6, 6.07) is 12.2. The summed E-state index contributed by atoms with van der Waals surface area (Å²) in [6.45, 7) is 3.99. The largest absolute Gasteiger partial charge is 0.489 e. The Kier molecular flexibility index (Phi) is 6.04. The molecule has 0 spiro atoms. The van der Waals surface area contributed by atoms with Crippen LogP contribution in [0.4, 0.5) is 5.69 Å². The van der Waals surface area contributed by atoms with E-state index >= 15 is 0 Å². The number of rotatable bonds is 5. The third-order valence-corrected chi connectivity index (χ3v) is 5.25. The van der Waals surface area contributed by atoms with Gasteiger partial charge in [0.2, 0.25) is 0 Å². The standard InChI is InChI=1S/C19H13Cl2NO2S2/c1-2-8-24-16-7-6-14(21)9-12(16)10-17-18(23)22(19(25)26-17)15-5-3-4-13(20)11-15/h2-7,9-11H,1,8H2/b17-10+. The van der Waals surface area contributed by atoms with E-state index in [1.165, 1.54) is 16.7 Å². The molecule has 0 bridgehead atoms. The van der Waals surface area contributed by atoms with E-state index in [1.807, 2.05) is 0 Å². The Hall–Kier alpha value is -1.79. The maximum atomic E-state index is 12.9. The molecule has 0 saturated carbocycles. The number of hydrogen-bond donors (Lipinski definition) is 0. The van der Waals surface area contributed by atoms with Crippen LogP contribution in [-0.4, -0.2) is 16.8 Å². The maximum absolute atomic E-state index is 12.9. The number of nitrogens with zero attached hydrogens (tertiary/aromatic N) is 1. The molecule has 2 aromatic rings. The first-order valence-corrected chi connectivity index (χ1v) is 9.54. The lowest BCUT2D eigenvalue weighted by molar-refractivity contribution is -0.113. The lowest BCUT2D eigenvalue weighted by atomic mass is 10.1. The summed E-state index contributed by atoms with van der Waals surface area (Å²) in [5.41, 5.74) is 1.34. The van der Waals surface area contributed by atoms with Crippen molar-refractivity contribution in [2.45, 2.75) is 0 Å². The van der Waals surface area contributed by atoms with Crippen LogP contribution in [0.2, 0.25) is 10.0 Å². The second kappa shape index (κ2) is 8.27. The number of carbonyl (C=O) groups excluding carboxylic acids is 1. The molecular weight excluding hydrogens is 409 g/mol. The van der Waals surface area contributed by atoms with Crippen molar-refractivity contribution in [2.75, 3.05) is 11.5 Å². The number of halogens is 2. The van der Waals surface area contributed by atoms with Crippen molar-refractivity contribution in [1.82, 2.24) is 0 Å². The average Bonchev–Trinajstić information content (AvgIpc) is 2.88. The molecule has 0 N–H and O–H groups in total. The maximum Gasteiger partial charge on any atom is 0.270 e. The van der Waals surface area contributed by atoms with Gasteiger partial charge in [0.15, 0.2) is 4.32 Å². The molecule has 0 unspecified atom stereocenters. The summed E-state index contributed by atoms with van der Waals surface area (Å²) >= 11 is 18.7. The second-order valence-corrected chi connectivity index (χ2v) is 7.83. The van der Waals surface area contributed by atoms with E-state index in [2.05, 4.69) is 6.58 Å². The molecule has 3 rings (SSSR count). The van der Waals surface area contributed by atoms with E-state index in [1.54, 1.807) is 54.6 Å². The molecule has 1 aliphatic rings. The van der Waals surface area contributed by atoms with Crippen LogP contribution in [0.5, 0.6) is 5.75 Å². The molecule has 1 amide bonds. The van der Waals surface area contributed by atoms with Crippen LogP contribution in [0.15, 0.2) is 60.0 Å². The average molecular weight is 422 g/mol. The number of anilines is 1. The van der Waals surface area contributed by atoms with Crippen LogP contribution in [0.3, 0.4) is 0 Å². The van der Waals surface area contributed by atoms with Crippen LogP contribution in [0.1, 0.15) is 5.56 Å². The molecule has 0 radical (unpaired) electrons. The molecule has 0 aliphatic carbocycles. The SMILES string of the molecule is C=CCOc1ccc(Cl)cc1/C=C1/SC(=S)N(c2cccc(Cl)c2)C1=O. The molecule has 132 valence electrons. The first-order chi connectivity index (χ1) is 12.5. The predicted octanol–water partition coefficient (Wildman–Crippen LogP) is 5.96. The highest BCUT2D eigenvalue weighted by Crippen LogP contribution is 2.38. The van der Waals surface area contributed by atoms with Gasteiger partial charge in [0.1, 0.15) is 12.4 Å². The van der Waals surface area contributed by atoms with Gasteiger partial charge >= 0.3 is 0 Å². The normalized spacial score (nSPS) is 15.6. The van der Waals surface area contributed by atoms with Gasteiger partial charge in [0, 0.05) is 15.6 Å². The summed E-state index contributed by atoms with van der Waals surface area (Å²) in [5.74, 6) is 0.402. The number of hydrogen-bond acceptors (Lipinski definition) is 4. The molecule has 3 nitrogen and oxygen atoms in total. The lowest BCUT2D eigenvalue weighted by Crippen LogP contribution is -2.27. The minimum atomic E-state index is -0.211. The molecular formula is C19H13Cl2NO2S2. The highest BCUT2D eigenvalue weighted by atomic mass is 35.5. The van der Waals surface area contributed by atoms with Crippen molar-refractivity contribution in [3.63, 3.8) is 0 Å². The first-order valence-electron chi connectivity index (χ1n) is 7.56. The van der Waals surface area contributed by atoms with E-state index in [9.17, 15) is 4.79 Å². The number of thioether (sulfide) groups is 1. The number of ether oxygens (including phenoxy) is 1. The highest BCUT2D eigenvalue weighted by molar-refractivity contribution is 8.27. The Labute approximate surface area is 171 Å². The van der Waals surface area contributed by atoms with Crippen LogP contribution < -0.4 is 9.64 Å². The molecule has 1 saturated heterocycles. The number of amides is 1. The van der Waals surface area contributed by atoms with Gasteiger partial charge in [-0.1, -0.05) is 65.9 Å². The number of thiocarbonyl (C=S) groups is 1. The summed E-state index contributed by atoms with van der Waals surface area (Å²) in [6.07, 6.45) is 3.38. The van der Waals surface area contributed by atoms with E-state index in [0.717, 1.165) is 0 Å². The van der Waals surface area contributed by atoms with Crippen molar-refractivity contribution in [2.24, 2.45) is 0 Å². The zero-order valence-corrected chi connectivity index (χ0v) is 16.6. The molecule has 2 aromatic carbocycles. The summed E-state index contributed by atoms with van der Waals surface area (Å²) in [4.78, 5) is 14.8. The molecule has 0 atom stereocenters. The third kappa shape index (κ3) is 4.13. The van der Waals surface area contributed by atoms with Crippen LogP contribution >= 0.6 is 47.2 Å². The van der Waals surface area contributed by atoms with Crippen molar-refractivity contribution < 1.29 is 9.53 Å². The molecule has 7 heteroatoms. The first kappa shape index (κ1) is 19.0. The Balaban J connectivity index is 1.96. The molecule has 0 aromatic heterocycles. The second-order valence-electron chi connectivity index (χ2n) is 5.28. The number of benzene rings is 2. The van der Waals surface area contributed by atoms with Gasteiger partial charge in [-0.15, -0.1) is 0 Å². The van der Waals surface area contributed by atoms with Gasteiger partial charge in [0.25, 0.3) is 5.91 Å². The highest BCUT2D eigenvalue weighted by Gasteiger charge is 2.33. The fourth-order valence-electron chi connectivity index (χ4n) is 2.36. The quantitative estimate of drug-likeness (QED) is 0.338. The van der Waals surface area contributed by atoms with Crippen LogP contribution in [0.25, 0.3) is 6.08 Å². The number of carbonyl (C=O) groups is 1. The van der Waals surface area contributed by atoms with Crippen molar-refractivity contribution in [3.05, 3.63) is 75.6 Å². The Morgan fingerprint density at radius 3 is 2.69 bits per heavy atom. The monoisotopic (exact) mass is 421 g/mol. The van der Waals surface area contributed by atoms with Crippen LogP contribution in [0, 0.1) is 0 Å². The third-order valence-electron chi connectivity index (χ3n) is 3.48. The summed E-state index contributed by atoms with van der Waals surface area (Å²) in [7, 11) is 0. The zero-order valence-electron chi connectivity index (χ0n) is 13.4. The van der Waals surface area contributed by atoms with Gasteiger partial charge in [-0.2, -0.15) is 0 Å². The van der Waals surface area contributed by atoms with E-state index < -0.39 is 0 Å². The molecule has 1 fully saturated rings. The van der Waals surface area contributed by atoms with E-state index in [0.29, 0.717) is 42.9 Å². The lowest BCUT2D eigenvalue weighted by Gasteiger charge is -2.14. The summed E-state index contributed by atoms with van der Waals surface area (Å²) in [5, 5.41) is 1.09. The Bertz CT molecular complexity index is 928. The molecule has 1 aliphatic heterocycles. The van der Waals surface area contributed by atoms with E-state index in [4.69, 9.17) is 40.2 Å². The van der Waals surface area contributed by atoms with Gasteiger partial charge in [-0.25, -0.2) is 0 Å². The minimum absolute atomic E-state index is 0.211. The summed E-state index contributed by atoms with van der Waals surface area (Å²) < 4.78 is 6.08.